The predicted octanol–water partition coefficient (Wildman–Crippen LogP) is 3.67. The summed E-state index contributed by atoms with van der Waals surface area (Å²) in [6, 6.07) is 14.1. The second-order valence-corrected chi connectivity index (χ2v) is 6.80. The molecule has 0 spiro atoms. The van der Waals surface area contributed by atoms with Crippen LogP contribution in [-0.4, -0.2) is 24.0 Å². The fourth-order valence-electron chi connectivity index (χ4n) is 3.20. The summed E-state index contributed by atoms with van der Waals surface area (Å²) in [7, 11) is 0. The molecule has 4 rings (SSSR count). The quantitative estimate of drug-likeness (QED) is 0.769. The maximum absolute atomic E-state index is 12.4. The van der Waals surface area contributed by atoms with Crippen molar-refractivity contribution in [2.75, 3.05) is 13.2 Å². The number of nitrogens with one attached hydrogen (secondary N) is 2. The molecule has 23 heavy (non-hydrogen) atoms. The van der Waals surface area contributed by atoms with E-state index < -0.39 is 5.60 Å². The van der Waals surface area contributed by atoms with Crippen molar-refractivity contribution in [3.8, 4) is 0 Å². The van der Waals surface area contributed by atoms with Gasteiger partial charge in [0, 0.05) is 12.0 Å². The highest BCUT2D eigenvalue weighted by molar-refractivity contribution is 7.16. The van der Waals surface area contributed by atoms with Crippen LogP contribution < -0.4 is 5.32 Å². The Kier molecular flexibility index (Phi) is 3.67. The van der Waals surface area contributed by atoms with Crippen LogP contribution in [0.3, 0.4) is 0 Å². The van der Waals surface area contributed by atoms with E-state index in [1.807, 2.05) is 35.7 Å². The Balaban J connectivity index is 1.52. The molecule has 0 aliphatic carbocycles. The zero-order chi connectivity index (χ0) is 15.7. The molecular weight excluding hydrogens is 308 g/mol. The molecule has 2 N–H and O–H groups in total. The predicted molar refractivity (Wildman–Crippen MR) is 91.8 cm³/mol. The first kappa shape index (κ1) is 14.5. The van der Waals surface area contributed by atoms with Crippen LogP contribution in [0.2, 0.25) is 0 Å². The van der Waals surface area contributed by atoms with Gasteiger partial charge in [0.25, 0.3) is 5.91 Å². The molecule has 5 heteroatoms. The molecular formula is C18H18N2O2S. The zero-order valence-corrected chi connectivity index (χ0v) is 13.5. The molecule has 1 unspecified atom stereocenters. The van der Waals surface area contributed by atoms with Crippen LogP contribution in [0, 0.1) is 0 Å². The van der Waals surface area contributed by atoms with E-state index in [0.717, 1.165) is 35.2 Å². The highest BCUT2D eigenvalue weighted by Gasteiger charge is 2.37. The van der Waals surface area contributed by atoms with Gasteiger partial charge in [0.05, 0.1) is 6.54 Å². The zero-order valence-electron chi connectivity index (χ0n) is 12.7. The maximum Gasteiger partial charge on any atom is 0.267 e. The fraction of sp³-hybridized carbons (Fsp3) is 0.278. The van der Waals surface area contributed by atoms with Crippen LogP contribution in [-0.2, 0) is 10.3 Å². The highest BCUT2D eigenvalue weighted by atomic mass is 32.1. The second kappa shape index (κ2) is 5.83. The third kappa shape index (κ3) is 2.66. The molecule has 1 aliphatic heterocycles. The Bertz CT molecular complexity index is 787. The minimum Gasteiger partial charge on any atom is -0.368 e. The molecule has 1 aliphatic rings. The van der Waals surface area contributed by atoms with Crippen molar-refractivity contribution in [2.45, 2.75) is 18.4 Å². The van der Waals surface area contributed by atoms with Crippen LogP contribution >= 0.6 is 11.3 Å². The number of benzene rings is 1. The van der Waals surface area contributed by atoms with Crippen LogP contribution in [0.1, 0.15) is 28.9 Å². The van der Waals surface area contributed by atoms with Crippen molar-refractivity contribution in [3.63, 3.8) is 0 Å². The number of hydrogen-bond donors (Lipinski definition) is 2. The van der Waals surface area contributed by atoms with Gasteiger partial charge in [0.2, 0.25) is 0 Å². The number of carbonyl (C=O) groups is 1. The third-order valence-electron chi connectivity index (χ3n) is 4.43. The van der Waals surface area contributed by atoms with Gasteiger partial charge in [-0.15, -0.1) is 11.3 Å². The van der Waals surface area contributed by atoms with E-state index in [-0.39, 0.29) is 5.91 Å². The van der Waals surface area contributed by atoms with Crippen molar-refractivity contribution in [1.82, 2.24) is 10.3 Å². The SMILES string of the molecule is O=C(NCC1(c2ccccc2)CCCO1)c1cc2ccsc2[nH]1. The van der Waals surface area contributed by atoms with Crippen LogP contribution in [0.25, 0.3) is 10.2 Å². The van der Waals surface area contributed by atoms with E-state index in [9.17, 15) is 4.79 Å². The van der Waals surface area contributed by atoms with Crippen molar-refractivity contribution >= 4 is 27.5 Å². The van der Waals surface area contributed by atoms with Crippen molar-refractivity contribution in [2.24, 2.45) is 0 Å². The van der Waals surface area contributed by atoms with E-state index in [2.05, 4.69) is 22.4 Å². The standard InChI is InChI=1S/C18H18N2O2S/c21-16(15-11-13-7-10-23-17(13)20-15)19-12-18(8-4-9-22-18)14-5-2-1-3-6-14/h1-3,5-7,10-11,20H,4,8-9,12H2,(H,19,21). The monoisotopic (exact) mass is 326 g/mol. The topological polar surface area (TPSA) is 54.1 Å². The van der Waals surface area contributed by atoms with Gasteiger partial charge in [-0.3, -0.25) is 4.79 Å². The number of aromatic nitrogens is 1. The minimum absolute atomic E-state index is 0.0841. The van der Waals surface area contributed by atoms with Crippen molar-refractivity contribution < 1.29 is 9.53 Å². The van der Waals surface area contributed by atoms with E-state index in [4.69, 9.17) is 4.74 Å². The van der Waals surface area contributed by atoms with Gasteiger partial charge in [-0.25, -0.2) is 0 Å². The van der Waals surface area contributed by atoms with Crippen molar-refractivity contribution in [3.05, 3.63) is 59.1 Å². The molecule has 1 fully saturated rings. The third-order valence-corrected chi connectivity index (χ3v) is 5.27. The average Bonchev–Trinajstić information content (AvgIpc) is 3.29. The summed E-state index contributed by atoms with van der Waals surface area (Å²) in [5.74, 6) is -0.0841. The van der Waals surface area contributed by atoms with Crippen LogP contribution in [0.15, 0.2) is 47.8 Å². The van der Waals surface area contributed by atoms with E-state index in [1.165, 1.54) is 0 Å². The molecule has 1 saturated heterocycles. The first-order chi connectivity index (χ1) is 11.3. The molecule has 2 aromatic heterocycles. The Morgan fingerprint density at radius 3 is 2.91 bits per heavy atom. The molecule has 0 bridgehead atoms. The summed E-state index contributed by atoms with van der Waals surface area (Å²) in [4.78, 5) is 16.7. The lowest BCUT2D eigenvalue weighted by Crippen LogP contribution is -2.40. The molecule has 0 radical (unpaired) electrons. The van der Waals surface area contributed by atoms with Crippen LogP contribution in [0.5, 0.6) is 0 Å². The number of H-pyrrole nitrogens is 1. The van der Waals surface area contributed by atoms with E-state index in [1.54, 1.807) is 11.3 Å². The summed E-state index contributed by atoms with van der Waals surface area (Å²) in [5.41, 5.74) is 1.33. The molecule has 3 heterocycles. The Hall–Kier alpha value is -2.11. The molecule has 1 aromatic carbocycles. The first-order valence-corrected chi connectivity index (χ1v) is 8.69. The molecule has 118 valence electrons. The van der Waals surface area contributed by atoms with Gasteiger partial charge >= 0.3 is 0 Å². The Morgan fingerprint density at radius 1 is 1.30 bits per heavy atom. The lowest BCUT2D eigenvalue weighted by atomic mass is 9.90. The molecule has 3 aromatic rings. The number of amides is 1. The summed E-state index contributed by atoms with van der Waals surface area (Å²) in [6.07, 6.45) is 1.94. The second-order valence-electron chi connectivity index (χ2n) is 5.88. The smallest absolute Gasteiger partial charge is 0.267 e. The normalized spacial score (nSPS) is 20.9. The number of ether oxygens (including phenoxy) is 1. The lowest BCUT2D eigenvalue weighted by molar-refractivity contribution is 0.00132. The summed E-state index contributed by atoms with van der Waals surface area (Å²) < 4.78 is 6.03. The van der Waals surface area contributed by atoms with Gasteiger partial charge in [-0.05, 0) is 35.9 Å². The van der Waals surface area contributed by atoms with Crippen LogP contribution in [0.4, 0.5) is 0 Å². The van der Waals surface area contributed by atoms with E-state index >= 15 is 0 Å². The number of carbonyl (C=O) groups excluding carboxylic acids is 1. The molecule has 1 amide bonds. The highest BCUT2D eigenvalue weighted by Crippen LogP contribution is 2.35. The molecule has 0 saturated carbocycles. The Morgan fingerprint density at radius 2 is 2.17 bits per heavy atom. The van der Waals surface area contributed by atoms with Gasteiger partial charge < -0.3 is 15.0 Å². The summed E-state index contributed by atoms with van der Waals surface area (Å²) in [5, 5.41) is 6.13. The van der Waals surface area contributed by atoms with Gasteiger partial charge in [-0.1, -0.05) is 30.3 Å². The molecule has 4 nitrogen and oxygen atoms in total. The number of hydrogen-bond acceptors (Lipinski definition) is 3. The largest absolute Gasteiger partial charge is 0.368 e. The maximum atomic E-state index is 12.4. The lowest BCUT2D eigenvalue weighted by Gasteiger charge is -2.29. The number of fused-ring (bicyclic) bond motifs is 1. The average molecular weight is 326 g/mol. The first-order valence-electron chi connectivity index (χ1n) is 7.81. The Labute approximate surface area is 138 Å². The van der Waals surface area contributed by atoms with Gasteiger partial charge in [0.1, 0.15) is 16.1 Å². The number of aromatic amines is 1. The van der Waals surface area contributed by atoms with E-state index in [0.29, 0.717) is 12.2 Å². The van der Waals surface area contributed by atoms with Gasteiger partial charge in [-0.2, -0.15) is 0 Å². The van der Waals surface area contributed by atoms with Crippen molar-refractivity contribution in [1.29, 1.82) is 0 Å². The summed E-state index contributed by atoms with van der Waals surface area (Å²) in [6.45, 7) is 1.23. The molecule has 1 atom stereocenters. The van der Waals surface area contributed by atoms with Gasteiger partial charge in [0.15, 0.2) is 0 Å². The fourth-order valence-corrected chi connectivity index (χ4v) is 3.98. The summed E-state index contributed by atoms with van der Waals surface area (Å²) >= 11 is 1.60. The number of thiophene rings is 1. The minimum atomic E-state index is -0.402. The number of rotatable bonds is 4.